The van der Waals surface area contributed by atoms with E-state index in [-0.39, 0.29) is 64.0 Å². The summed E-state index contributed by atoms with van der Waals surface area (Å²) in [5.41, 5.74) is 7.16. The molecule has 1 N–H and O–H groups in total. The zero-order valence-corrected chi connectivity index (χ0v) is 12.4. The van der Waals surface area contributed by atoms with Crippen molar-refractivity contribution in [2.75, 3.05) is 0 Å². The topological polar surface area (TPSA) is 49.6 Å². The van der Waals surface area contributed by atoms with Crippen LogP contribution in [0.25, 0.3) is 5.73 Å². The largest absolute Gasteiger partial charge is 1.00 e. The van der Waals surface area contributed by atoms with Gasteiger partial charge in [-0.3, -0.25) is 4.98 Å². The third kappa shape index (κ3) is 3.05. The minimum Gasteiger partial charge on any atom is -0.481 e. The van der Waals surface area contributed by atoms with Gasteiger partial charge in [-0.25, -0.2) is 0 Å². The van der Waals surface area contributed by atoms with Gasteiger partial charge < -0.3 is 10.7 Å². The summed E-state index contributed by atoms with van der Waals surface area (Å²) in [7, 11) is 0. The van der Waals surface area contributed by atoms with Crippen molar-refractivity contribution in [3.8, 4) is 0 Å². The molecule has 0 atom stereocenters. The van der Waals surface area contributed by atoms with Crippen molar-refractivity contribution in [2.24, 2.45) is 0 Å². The second-order valence-electron chi connectivity index (χ2n) is 1.61. The Labute approximate surface area is 117 Å². The smallest absolute Gasteiger partial charge is 0.481 e. The van der Waals surface area contributed by atoms with Gasteiger partial charge in [0.1, 0.15) is 0 Å². The van der Waals surface area contributed by atoms with Gasteiger partial charge in [0.15, 0.2) is 0 Å². The van der Waals surface area contributed by atoms with Crippen LogP contribution in [0.4, 0.5) is 5.82 Å². The first-order valence-electron chi connectivity index (χ1n) is 2.41. The van der Waals surface area contributed by atoms with Crippen LogP contribution in [0.3, 0.4) is 0 Å². The van der Waals surface area contributed by atoms with Gasteiger partial charge in [-0.15, -0.1) is 0 Å². The minimum absolute atomic E-state index is 0. The van der Waals surface area contributed by atoms with E-state index in [0.29, 0.717) is 10.3 Å². The third-order valence-corrected chi connectivity index (χ3v) is 1.44. The third-order valence-electron chi connectivity index (χ3n) is 0.865. The van der Waals surface area contributed by atoms with Crippen molar-refractivity contribution >= 4 is 21.7 Å². The number of rotatable bonds is 0. The van der Waals surface area contributed by atoms with Crippen LogP contribution in [-0.2, 0) is 0 Å². The number of hydrogen-bond donors (Lipinski definition) is 0. The molecular formula is C5H5BrN3Rb. The van der Waals surface area contributed by atoms with E-state index in [1.54, 1.807) is 13.1 Å². The van der Waals surface area contributed by atoms with E-state index in [1.807, 2.05) is 0 Å². The summed E-state index contributed by atoms with van der Waals surface area (Å²) in [4.78, 5) is 7.64. The Hall–Kier alpha value is 1.17. The molecule has 0 unspecified atom stereocenters. The van der Waals surface area contributed by atoms with Gasteiger partial charge in [0, 0.05) is 16.5 Å². The van der Waals surface area contributed by atoms with Gasteiger partial charge in [-0.1, -0.05) is 0 Å². The Balaban J connectivity index is 0.000000810. The van der Waals surface area contributed by atoms with Crippen molar-refractivity contribution in [2.45, 2.75) is 6.92 Å². The number of halogens is 1. The van der Waals surface area contributed by atoms with E-state index >= 15 is 0 Å². The molecule has 1 heterocycles. The van der Waals surface area contributed by atoms with Gasteiger partial charge in [0.05, 0.1) is 0 Å². The van der Waals surface area contributed by atoms with Gasteiger partial charge in [-0.05, 0) is 28.7 Å². The molecule has 0 fully saturated rings. The van der Waals surface area contributed by atoms with Crippen LogP contribution >= 0.6 is 15.9 Å². The molecule has 0 radical (unpaired) electrons. The second kappa shape index (κ2) is 4.93. The van der Waals surface area contributed by atoms with Crippen molar-refractivity contribution in [3.63, 3.8) is 0 Å². The Morgan fingerprint density at radius 3 is 2.60 bits per heavy atom. The first kappa shape index (κ1) is 11.2. The van der Waals surface area contributed by atoms with Crippen molar-refractivity contribution in [3.05, 3.63) is 22.2 Å². The molecule has 1 aromatic rings. The molecule has 5 heteroatoms. The summed E-state index contributed by atoms with van der Waals surface area (Å²) in [6.07, 6.45) is 1.57. The Bertz CT molecular complexity index is 228. The molecule has 0 amide bonds. The van der Waals surface area contributed by atoms with Gasteiger partial charge in [0.25, 0.3) is 0 Å². The monoisotopic (exact) mass is 271 g/mol. The molecule has 0 aliphatic heterocycles. The van der Waals surface area contributed by atoms with Crippen LogP contribution in [0.15, 0.2) is 10.7 Å². The van der Waals surface area contributed by atoms with Crippen LogP contribution < -0.4 is 58.2 Å². The fourth-order valence-electron chi connectivity index (χ4n) is 0.455. The molecule has 0 aliphatic carbocycles. The number of aryl methyl sites for hydroxylation is 1. The number of aromatic nitrogens is 2. The fourth-order valence-corrected chi connectivity index (χ4v) is 0.646. The van der Waals surface area contributed by atoms with Crippen LogP contribution in [0, 0.1) is 6.92 Å². The summed E-state index contributed by atoms with van der Waals surface area (Å²) >= 11 is 3.12. The number of nitrogens with one attached hydrogen (secondary N) is 1. The first-order chi connectivity index (χ1) is 4.20. The van der Waals surface area contributed by atoms with Crippen molar-refractivity contribution in [1.82, 2.24) is 9.97 Å². The second-order valence-corrected chi connectivity index (χ2v) is 2.47. The summed E-state index contributed by atoms with van der Waals surface area (Å²) in [5.74, 6) is 0.866. The standard InChI is InChI=1S/C5H5BrN3.Rb/c1-3-8-2-4(6)5(7)9-3;/h2H,1H3,(H-,7,8,9);/q-1;+1. The Morgan fingerprint density at radius 1 is 1.60 bits per heavy atom. The maximum atomic E-state index is 7.16. The summed E-state index contributed by atoms with van der Waals surface area (Å²) < 4.78 is 0.633. The van der Waals surface area contributed by atoms with E-state index in [0.717, 1.165) is 0 Å². The zero-order chi connectivity index (χ0) is 6.85. The molecule has 0 saturated heterocycles. The predicted octanol–water partition coefficient (Wildman–Crippen LogP) is -0.765. The van der Waals surface area contributed by atoms with Gasteiger partial charge in [-0.2, -0.15) is 0 Å². The maximum absolute atomic E-state index is 7.16. The van der Waals surface area contributed by atoms with Crippen LogP contribution in [-0.4, -0.2) is 9.97 Å². The van der Waals surface area contributed by atoms with Crippen LogP contribution in [0.2, 0.25) is 0 Å². The van der Waals surface area contributed by atoms with E-state index in [9.17, 15) is 0 Å². The Morgan fingerprint density at radius 2 is 2.20 bits per heavy atom. The van der Waals surface area contributed by atoms with Crippen LogP contribution in [0.1, 0.15) is 5.82 Å². The molecule has 0 saturated carbocycles. The summed E-state index contributed by atoms with van der Waals surface area (Å²) in [6.45, 7) is 1.75. The summed E-state index contributed by atoms with van der Waals surface area (Å²) in [6, 6.07) is 0. The van der Waals surface area contributed by atoms with Crippen molar-refractivity contribution < 1.29 is 58.2 Å². The van der Waals surface area contributed by atoms with Crippen LogP contribution in [0.5, 0.6) is 0 Å². The number of nitrogens with zero attached hydrogens (tertiary/aromatic N) is 2. The normalized spacial score (nSPS) is 8.60. The molecule has 3 nitrogen and oxygen atoms in total. The molecule has 0 aromatic carbocycles. The first-order valence-corrected chi connectivity index (χ1v) is 3.20. The average molecular weight is 272 g/mol. The fraction of sp³-hybridized carbons (Fsp3) is 0.200. The molecule has 1 aromatic heterocycles. The van der Waals surface area contributed by atoms with Crippen molar-refractivity contribution in [1.29, 1.82) is 0 Å². The predicted molar refractivity (Wildman–Crippen MR) is 38.5 cm³/mol. The zero-order valence-electron chi connectivity index (χ0n) is 5.85. The SMILES string of the molecule is Cc1ncc(Br)c([NH-])n1.[Rb+]. The maximum Gasteiger partial charge on any atom is 1.00 e. The summed E-state index contributed by atoms with van der Waals surface area (Å²) in [5, 5.41) is 0. The molecule has 0 spiro atoms. The molecule has 10 heavy (non-hydrogen) atoms. The average Bonchev–Trinajstić information content (AvgIpc) is 1.80. The Kier molecular flexibility index (Phi) is 5.50. The molecule has 0 aliphatic rings. The number of hydrogen-bond acceptors (Lipinski definition) is 2. The van der Waals surface area contributed by atoms with Gasteiger partial charge >= 0.3 is 58.2 Å². The van der Waals surface area contributed by atoms with E-state index in [2.05, 4.69) is 25.9 Å². The molecular weight excluding hydrogens is 267 g/mol. The minimum atomic E-state index is 0. The molecule has 1 rings (SSSR count). The van der Waals surface area contributed by atoms with E-state index in [4.69, 9.17) is 5.73 Å². The van der Waals surface area contributed by atoms with Gasteiger partial charge in [0.2, 0.25) is 0 Å². The molecule has 48 valence electrons. The quantitative estimate of drug-likeness (QED) is 0.623. The van der Waals surface area contributed by atoms with E-state index < -0.39 is 0 Å². The molecule has 0 bridgehead atoms. The van der Waals surface area contributed by atoms with E-state index in [1.165, 1.54) is 0 Å².